The molecule has 1 aromatic heterocycles. The summed E-state index contributed by atoms with van der Waals surface area (Å²) in [5.74, 6) is -1.14. The summed E-state index contributed by atoms with van der Waals surface area (Å²) < 4.78 is 6.72. The van der Waals surface area contributed by atoms with E-state index >= 15 is 0 Å². The molecule has 0 aliphatic carbocycles. The molecule has 1 heterocycles. The molecular weight excluding hydrogens is 250 g/mol. The molecule has 0 radical (unpaired) electrons. The number of aromatic nitrogens is 2. The zero-order valence-corrected chi connectivity index (χ0v) is 11.7. The second-order valence-corrected chi connectivity index (χ2v) is 5.26. The Balaban J connectivity index is 2.98. The van der Waals surface area contributed by atoms with Crippen LogP contribution in [0.3, 0.4) is 0 Å². The van der Waals surface area contributed by atoms with E-state index in [2.05, 4.69) is 4.98 Å². The lowest BCUT2D eigenvalue weighted by atomic mass is 10.2. The number of aliphatic carboxylic acids is 1. The Hall–Kier alpha value is -2.05. The molecule has 0 fully saturated rings. The van der Waals surface area contributed by atoms with E-state index in [4.69, 9.17) is 4.74 Å². The molecule has 1 rings (SSSR count). The van der Waals surface area contributed by atoms with Gasteiger partial charge in [0, 0.05) is 14.1 Å². The topological polar surface area (TPSA) is 84.7 Å². The van der Waals surface area contributed by atoms with Crippen molar-refractivity contribution in [3.05, 3.63) is 18.2 Å². The number of rotatable bonds is 3. The number of amides is 1. The average Bonchev–Trinajstić information content (AvgIpc) is 2.62. The Morgan fingerprint density at radius 3 is 2.42 bits per heavy atom. The fourth-order valence-corrected chi connectivity index (χ4v) is 1.56. The van der Waals surface area contributed by atoms with Crippen LogP contribution in [0.15, 0.2) is 12.5 Å². The number of hydrogen-bond acceptors (Lipinski definition) is 4. The van der Waals surface area contributed by atoms with Crippen LogP contribution >= 0.6 is 0 Å². The maximum absolute atomic E-state index is 11.9. The van der Waals surface area contributed by atoms with Gasteiger partial charge < -0.3 is 14.4 Å². The normalized spacial score (nSPS) is 12.9. The third-order valence-corrected chi connectivity index (χ3v) is 2.44. The Morgan fingerprint density at radius 1 is 1.47 bits per heavy atom. The van der Waals surface area contributed by atoms with Crippen molar-refractivity contribution in [3.8, 4) is 0 Å². The van der Waals surface area contributed by atoms with Gasteiger partial charge in [-0.3, -0.25) is 4.90 Å². The highest BCUT2D eigenvalue weighted by Gasteiger charge is 2.33. The molecular formula is C12H19N3O4. The van der Waals surface area contributed by atoms with Crippen molar-refractivity contribution in [3.63, 3.8) is 0 Å². The Labute approximate surface area is 111 Å². The second kappa shape index (κ2) is 5.29. The molecule has 7 heteroatoms. The van der Waals surface area contributed by atoms with E-state index in [-0.39, 0.29) is 0 Å². The number of carboxylic acid groups (broad SMARTS) is 1. The van der Waals surface area contributed by atoms with Crippen molar-refractivity contribution in [2.75, 3.05) is 7.05 Å². The molecule has 19 heavy (non-hydrogen) atoms. The van der Waals surface area contributed by atoms with Crippen LogP contribution in [-0.2, 0) is 16.6 Å². The first-order valence-electron chi connectivity index (χ1n) is 5.78. The van der Waals surface area contributed by atoms with E-state index in [1.54, 1.807) is 32.4 Å². The third-order valence-electron chi connectivity index (χ3n) is 2.44. The third kappa shape index (κ3) is 3.70. The van der Waals surface area contributed by atoms with Crippen LogP contribution in [-0.4, -0.2) is 44.3 Å². The van der Waals surface area contributed by atoms with Crippen LogP contribution < -0.4 is 0 Å². The Morgan fingerprint density at radius 2 is 2.05 bits per heavy atom. The maximum atomic E-state index is 11.9. The van der Waals surface area contributed by atoms with E-state index in [1.807, 2.05) is 0 Å². The summed E-state index contributed by atoms with van der Waals surface area (Å²) in [7, 11) is 3.06. The van der Waals surface area contributed by atoms with Gasteiger partial charge in [0.2, 0.25) is 0 Å². The molecule has 1 N–H and O–H groups in total. The number of likely N-dealkylation sites (N-methyl/N-ethyl adjacent to an activating group) is 1. The molecule has 0 aromatic carbocycles. The predicted molar refractivity (Wildman–Crippen MR) is 67.6 cm³/mol. The van der Waals surface area contributed by atoms with Gasteiger partial charge in [-0.1, -0.05) is 0 Å². The molecule has 1 amide bonds. The minimum atomic E-state index is -1.14. The fraction of sp³-hybridized carbons (Fsp3) is 0.583. The number of nitrogens with zero attached hydrogens (tertiary/aromatic N) is 3. The highest BCUT2D eigenvalue weighted by Crippen LogP contribution is 2.21. The molecule has 1 atom stereocenters. The fourth-order valence-electron chi connectivity index (χ4n) is 1.56. The maximum Gasteiger partial charge on any atom is 0.411 e. The van der Waals surface area contributed by atoms with Gasteiger partial charge in [0.1, 0.15) is 5.60 Å². The highest BCUT2D eigenvalue weighted by atomic mass is 16.6. The van der Waals surface area contributed by atoms with Crippen molar-refractivity contribution in [1.29, 1.82) is 0 Å². The highest BCUT2D eigenvalue weighted by molar-refractivity contribution is 5.81. The molecule has 1 aromatic rings. The van der Waals surface area contributed by atoms with Crippen LogP contribution in [0.5, 0.6) is 0 Å². The molecule has 0 saturated carbocycles. The molecule has 106 valence electrons. The number of hydrogen-bond donors (Lipinski definition) is 1. The molecule has 0 aliphatic rings. The van der Waals surface area contributed by atoms with Gasteiger partial charge in [-0.05, 0) is 20.8 Å². The SMILES string of the molecule is CN(C(=O)OC(C)(C)C)C(C(=O)O)c1cncn1C. The van der Waals surface area contributed by atoms with Crippen molar-refractivity contribution < 1.29 is 19.4 Å². The quantitative estimate of drug-likeness (QED) is 0.896. The van der Waals surface area contributed by atoms with E-state index < -0.39 is 23.7 Å². The van der Waals surface area contributed by atoms with Crippen LogP contribution in [0.4, 0.5) is 4.79 Å². The van der Waals surface area contributed by atoms with Gasteiger partial charge in [-0.25, -0.2) is 14.6 Å². The Kier molecular flexibility index (Phi) is 4.18. The first kappa shape index (κ1) is 15.0. The lowest BCUT2D eigenvalue weighted by Crippen LogP contribution is -2.40. The van der Waals surface area contributed by atoms with Crippen molar-refractivity contribution >= 4 is 12.1 Å². The number of carboxylic acids is 1. The zero-order valence-electron chi connectivity index (χ0n) is 11.7. The monoisotopic (exact) mass is 269 g/mol. The van der Waals surface area contributed by atoms with Gasteiger partial charge in [-0.15, -0.1) is 0 Å². The first-order chi connectivity index (χ1) is 8.63. The molecule has 0 spiro atoms. The number of carbonyl (C=O) groups excluding carboxylic acids is 1. The van der Waals surface area contributed by atoms with E-state index in [1.165, 1.54) is 19.6 Å². The Bertz CT molecular complexity index is 476. The molecule has 0 aliphatic heterocycles. The first-order valence-corrected chi connectivity index (χ1v) is 5.78. The van der Waals surface area contributed by atoms with E-state index in [0.717, 1.165) is 4.90 Å². The van der Waals surface area contributed by atoms with Crippen LogP contribution in [0.1, 0.15) is 32.5 Å². The summed E-state index contributed by atoms with van der Waals surface area (Å²) in [5.41, 5.74) is -0.276. The summed E-state index contributed by atoms with van der Waals surface area (Å²) in [5, 5.41) is 9.30. The van der Waals surface area contributed by atoms with Gasteiger partial charge in [0.15, 0.2) is 6.04 Å². The van der Waals surface area contributed by atoms with Gasteiger partial charge in [0.25, 0.3) is 0 Å². The zero-order chi connectivity index (χ0) is 14.8. The second-order valence-electron chi connectivity index (χ2n) is 5.26. The van der Waals surface area contributed by atoms with E-state index in [9.17, 15) is 14.7 Å². The van der Waals surface area contributed by atoms with Crippen molar-refractivity contribution in [2.45, 2.75) is 32.4 Å². The number of ether oxygens (including phenoxy) is 1. The summed E-state index contributed by atoms with van der Waals surface area (Å²) in [6, 6.07) is -1.14. The standard InChI is InChI=1S/C12H19N3O4/c1-12(2,3)19-11(18)15(5)9(10(16)17)8-6-13-7-14(8)4/h6-7,9H,1-5H3,(H,16,17). The summed E-state index contributed by atoms with van der Waals surface area (Å²) in [6.45, 7) is 5.16. The van der Waals surface area contributed by atoms with Gasteiger partial charge >= 0.3 is 12.1 Å². The summed E-state index contributed by atoms with van der Waals surface area (Å²) >= 11 is 0. The van der Waals surface area contributed by atoms with Gasteiger partial charge in [0.05, 0.1) is 18.2 Å². The summed E-state index contributed by atoms with van der Waals surface area (Å²) in [6.07, 6.45) is 2.20. The molecule has 1 unspecified atom stereocenters. The van der Waals surface area contributed by atoms with Crippen molar-refractivity contribution in [2.24, 2.45) is 7.05 Å². The minimum absolute atomic E-state index is 0.404. The smallest absolute Gasteiger partial charge is 0.411 e. The average molecular weight is 269 g/mol. The van der Waals surface area contributed by atoms with Crippen LogP contribution in [0.25, 0.3) is 0 Å². The molecule has 7 nitrogen and oxygen atoms in total. The van der Waals surface area contributed by atoms with E-state index in [0.29, 0.717) is 5.69 Å². The lowest BCUT2D eigenvalue weighted by Gasteiger charge is -2.28. The number of imidazole rings is 1. The largest absolute Gasteiger partial charge is 0.479 e. The van der Waals surface area contributed by atoms with Crippen LogP contribution in [0.2, 0.25) is 0 Å². The molecule has 0 saturated heterocycles. The summed E-state index contributed by atoms with van der Waals surface area (Å²) in [4.78, 5) is 28.2. The predicted octanol–water partition coefficient (Wildman–Crippen LogP) is 1.41. The lowest BCUT2D eigenvalue weighted by molar-refractivity contribution is -0.143. The minimum Gasteiger partial charge on any atom is -0.479 e. The number of carbonyl (C=O) groups is 2. The molecule has 0 bridgehead atoms. The van der Waals surface area contributed by atoms with Crippen molar-refractivity contribution in [1.82, 2.24) is 14.5 Å². The van der Waals surface area contributed by atoms with Crippen LogP contribution in [0, 0.1) is 0 Å². The van der Waals surface area contributed by atoms with Gasteiger partial charge in [-0.2, -0.15) is 0 Å². The number of aryl methyl sites for hydroxylation is 1.